The molecule has 140 valence electrons. The number of hydrogen-bond acceptors (Lipinski definition) is 3. The third-order valence-electron chi connectivity index (χ3n) is 5.26. The van der Waals surface area contributed by atoms with Gasteiger partial charge in [0.05, 0.1) is 5.52 Å². The summed E-state index contributed by atoms with van der Waals surface area (Å²) in [5.41, 5.74) is -0.249. The van der Waals surface area contributed by atoms with Gasteiger partial charge in [0.25, 0.3) is 0 Å². The number of alkyl halides is 3. The Hall–Kier alpha value is -1.95. The van der Waals surface area contributed by atoms with Crippen LogP contribution in [-0.4, -0.2) is 23.9 Å². The maximum Gasteiger partial charge on any atom is 0.433 e. The second kappa shape index (κ2) is 7.74. The van der Waals surface area contributed by atoms with E-state index < -0.39 is 11.9 Å². The number of rotatable bonds is 5. The number of benzene rings is 1. The zero-order valence-corrected chi connectivity index (χ0v) is 14.8. The molecule has 6 heteroatoms. The number of Topliss-reactive ketones (excluding diaryl/α,β-unsaturated/α-hetero) is 1. The largest absolute Gasteiger partial charge is 0.433 e. The maximum absolute atomic E-state index is 13.1. The van der Waals surface area contributed by atoms with Gasteiger partial charge in [-0.3, -0.25) is 4.79 Å². The van der Waals surface area contributed by atoms with Gasteiger partial charge in [-0.25, -0.2) is 4.98 Å². The minimum atomic E-state index is -4.52. The van der Waals surface area contributed by atoms with E-state index in [0.29, 0.717) is 29.2 Å². The van der Waals surface area contributed by atoms with Crippen molar-refractivity contribution >= 4 is 16.7 Å². The average molecular weight is 364 g/mol. The van der Waals surface area contributed by atoms with Crippen molar-refractivity contribution in [3.05, 3.63) is 41.6 Å². The molecule has 1 N–H and O–H groups in total. The van der Waals surface area contributed by atoms with Crippen LogP contribution in [0, 0.1) is 11.8 Å². The molecular formula is C20H23F3N2O. The number of para-hydroxylation sites is 1. The molecule has 0 aliphatic carbocycles. The van der Waals surface area contributed by atoms with Crippen LogP contribution in [0.3, 0.4) is 0 Å². The lowest BCUT2D eigenvalue weighted by molar-refractivity contribution is -0.141. The minimum Gasteiger partial charge on any atom is -0.316 e. The number of nitrogens with one attached hydrogen (secondary N) is 1. The summed E-state index contributed by atoms with van der Waals surface area (Å²) in [5, 5.41) is 3.96. The number of hydrogen-bond donors (Lipinski definition) is 1. The summed E-state index contributed by atoms with van der Waals surface area (Å²) in [6.45, 7) is 3.91. The monoisotopic (exact) mass is 364 g/mol. The molecule has 2 aromatic rings. The number of fused-ring (bicyclic) bond motifs is 1. The second-order valence-corrected chi connectivity index (χ2v) is 7.02. The average Bonchev–Trinajstić information content (AvgIpc) is 2.61. The molecule has 3 nitrogen and oxygen atoms in total. The first-order chi connectivity index (χ1) is 12.4. The van der Waals surface area contributed by atoms with Crippen molar-refractivity contribution in [1.29, 1.82) is 0 Å². The topological polar surface area (TPSA) is 42.0 Å². The smallest absolute Gasteiger partial charge is 0.316 e. The van der Waals surface area contributed by atoms with Crippen molar-refractivity contribution < 1.29 is 18.0 Å². The van der Waals surface area contributed by atoms with Crippen molar-refractivity contribution in [2.24, 2.45) is 11.8 Å². The number of aromatic nitrogens is 1. The molecule has 1 aliphatic rings. The Labute approximate surface area is 151 Å². The molecule has 0 radical (unpaired) electrons. The van der Waals surface area contributed by atoms with Crippen LogP contribution in [0.25, 0.3) is 10.9 Å². The van der Waals surface area contributed by atoms with Gasteiger partial charge in [-0.2, -0.15) is 13.2 Å². The van der Waals surface area contributed by atoms with Gasteiger partial charge in [-0.15, -0.1) is 0 Å². The Morgan fingerprint density at radius 3 is 2.77 bits per heavy atom. The number of pyridine rings is 1. The summed E-state index contributed by atoms with van der Waals surface area (Å²) in [4.78, 5) is 16.3. The minimum absolute atomic E-state index is 0.000160. The fraction of sp³-hybridized carbons (Fsp3) is 0.500. The van der Waals surface area contributed by atoms with Crippen LogP contribution >= 0.6 is 0 Å². The first kappa shape index (κ1) is 18.8. The number of halogens is 3. The van der Waals surface area contributed by atoms with Crippen molar-refractivity contribution in [2.45, 2.75) is 38.8 Å². The zero-order valence-electron chi connectivity index (χ0n) is 14.8. The van der Waals surface area contributed by atoms with Crippen LogP contribution in [0.2, 0.25) is 0 Å². The molecular weight excluding hydrogens is 341 g/mol. The summed E-state index contributed by atoms with van der Waals surface area (Å²) < 4.78 is 39.4. The van der Waals surface area contributed by atoms with Crippen molar-refractivity contribution in [3.8, 4) is 0 Å². The predicted octanol–water partition coefficient (Wildman–Crippen LogP) is 4.39. The fourth-order valence-corrected chi connectivity index (χ4v) is 3.84. The molecule has 1 aromatic heterocycles. The lowest BCUT2D eigenvalue weighted by atomic mass is 9.80. The van der Waals surface area contributed by atoms with E-state index in [1.807, 2.05) is 0 Å². The normalized spacial score (nSPS) is 21.1. The number of carbonyl (C=O) groups excluding carboxylic acids is 1. The standard InChI is InChI=1S/C20H23F3N2O/c1-2-13-12-24-8-7-14(13)9-16(26)10-15-11-19(20(21,22)23)25-18-6-4-3-5-17(15)18/h3-6,11,13-14,24H,2,7-10,12H2,1H3. The highest BCUT2D eigenvalue weighted by Gasteiger charge is 2.33. The van der Waals surface area contributed by atoms with E-state index in [4.69, 9.17) is 0 Å². The molecule has 1 saturated heterocycles. The molecule has 1 fully saturated rings. The molecule has 0 saturated carbocycles. The van der Waals surface area contributed by atoms with Crippen LogP contribution in [0.5, 0.6) is 0 Å². The summed E-state index contributed by atoms with van der Waals surface area (Å²) >= 11 is 0. The Morgan fingerprint density at radius 2 is 2.04 bits per heavy atom. The molecule has 2 unspecified atom stereocenters. The van der Waals surface area contributed by atoms with Gasteiger partial charge in [-0.05, 0) is 49.0 Å². The molecule has 1 aliphatic heterocycles. The molecule has 0 bridgehead atoms. The van der Waals surface area contributed by atoms with Crippen LogP contribution in [0.1, 0.15) is 37.4 Å². The van der Waals surface area contributed by atoms with Crippen molar-refractivity contribution in [1.82, 2.24) is 10.3 Å². The van der Waals surface area contributed by atoms with Crippen LogP contribution in [0.4, 0.5) is 13.2 Å². The Bertz CT molecular complexity index is 788. The Balaban J connectivity index is 1.84. The first-order valence-electron chi connectivity index (χ1n) is 9.06. The van der Waals surface area contributed by atoms with Crippen LogP contribution in [0.15, 0.2) is 30.3 Å². The van der Waals surface area contributed by atoms with Gasteiger partial charge in [0.1, 0.15) is 11.5 Å². The van der Waals surface area contributed by atoms with Crippen molar-refractivity contribution in [2.75, 3.05) is 13.1 Å². The number of piperidine rings is 1. The van der Waals surface area contributed by atoms with E-state index in [2.05, 4.69) is 17.2 Å². The second-order valence-electron chi connectivity index (χ2n) is 7.02. The molecule has 2 heterocycles. The van der Waals surface area contributed by atoms with Gasteiger partial charge in [-0.1, -0.05) is 31.5 Å². The highest BCUT2D eigenvalue weighted by atomic mass is 19.4. The Morgan fingerprint density at radius 1 is 1.27 bits per heavy atom. The third-order valence-corrected chi connectivity index (χ3v) is 5.26. The molecule has 1 aromatic carbocycles. The predicted molar refractivity (Wildman–Crippen MR) is 94.8 cm³/mol. The highest BCUT2D eigenvalue weighted by Crippen LogP contribution is 2.32. The fourth-order valence-electron chi connectivity index (χ4n) is 3.84. The third kappa shape index (κ3) is 4.23. The van der Waals surface area contributed by atoms with E-state index in [1.165, 1.54) is 0 Å². The van der Waals surface area contributed by atoms with Gasteiger partial charge in [0, 0.05) is 18.2 Å². The van der Waals surface area contributed by atoms with E-state index in [1.54, 1.807) is 24.3 Å². The van der Waals surface area contributed by atoms with Crippen molar-refractivity contribution in [3.63, 3.8) is 0 Å². The summed E-state index contributed by atoms with van der Waals surface area (Å²) in [7, 11) is 0. The molecule has 26 heavy (non-hydrogen) atoms. The summed E-state index contributed by atoms with van der Waals surface area (Å²) in [6, 6.07) is 7.72. The van der Waals surface area contributed by atoms with E-state index in [0.717, 1.165) is 32.0 Å². The van der Waals surface area contributed by atoms with Gasteiger partial charge in [0.15, 0.2) is 0 Å². The number of ketones is 1. The molecule has 3 rings (SSSR count). The molecule has 2 atom stereocenters. The molecule has 0 spiro atoms. The summed E-state index contributed by atoms with van der Waals surface area (Å²) in [6.07, 6.45) is -2.13. The quantitative estimate of drug-likeness (QED) is 0.856. The first-order valence-corrected chi connectivity index (χ1v) is 9.06. The van der Waals surface area contributed by atoms with Gasteiger partial charge >= 0.3 is 6.18 Å². The van der Waals surface area contributed by atoms with Gasteiger partial charge in [0.2, 0.25) is 0 Å². The SMILES string of the molecule is CCC1CNCCC1CC(=O)Cc1cc(C(F)(F)F)nc2ccccc12. The molecule has 0 amide bonds. The van der Waals surface area contributed by atoms with Gasteiger partial charge < -0.3 is 5.32 Å². The number of nitrogens with zero attached hydrogens (tertiary/aromatic N) is 1. The lowest BCUT2D eigenvalue weighted by Gasteiger charge is -2.31. The van der Waals surface area contributed by atoms with E-state index in [-0.39, 0.29) is 17.7 Å². The van der Waals surface area contributed by atoms with Crippen LogP contribution < -0.4 is 5.32 Å². The Kier molecular flexibility index (Phi) is 5.61. The van der Waals surface area contributed by atoms with E-state index >= 15 is 0 Å². The highest BCUT2D eigenvalue weighted by molar-refractivity contribution is 5.89. The van der Waals surface area contributed by atoms with E-state index in [9.17, 15) is 18.0 Å². The zero-order chi connectivity index (χ0) is 18.7. The van der Waals surface area contributed by atoms with Crippen LogP contribution in [-0.2, 0) is 17.4 Å². The lowest BCUT2D eigenvalue weighted by Crippen LogP contribution is -2.37. The number of carbonyl (C=O) groups is 1. The summed E-state index contributed by atoms with van der Waals surface area (Å²) in [5.74, 6) is 0.761. The maximum atomic E-state index is 13.1.